The van der Waals surface area contributed by atoms with Gasteiger partial charge in [0, 0.05) is 19.3 Å². The minimum atomic E-state index is 0.463. The van der Waals surface area contributed by atoms with Gasteiger partial charge in [0.25, 0.3) is 0 Å². The molecule has 0 saturated carbocycles. The van der Waals surface area contributed by atoms with Crippen LogP contribution < -0.4 is 4.90 Å². The van der Waals surface area contributed by atoms with Gasteiger partial charge in [0.1, 0.15) is 0 Å². The van der Waals surface area contributed by atoms with E-state index in [1.165, 1.54) is 0 Å². The normalized spacial score (nSPS) is 10.4. The minimum absolute atomic E-state index is 0.463. The standard InChI is InChI=1S/C9H13ClN2/c1-7(2)12(3)9-4-8(10)5-11-6-9/h4-7H,1-3H3. The molecule has 1 aromatic heterocycles. The Labute approximate surface area is 78.2 Å². The summed E-state index contributed by atoms with van der Waals surface area (Å²) in [6.07, 6.45) is 3.45. The average Bonchev–Trinajstić information content (AvgIpc) is 2.03. The highest BCUT2D eigenvalue weighted by Gasteiger charge is 2.04. The van der Waals surface area contributed by atoms with Crippen molar-refractivity contribution in [2.45, 2.75) is 19.9 Å². The quantitative estimate of drug-likeness (QED) is 0.703. The molecular formula is C9H13ClN2. The van der Waals surface area contributed by atoms with Gasteiger partial charge in [-0.2, -0.15) is 0 Å². The zero-order valence-corrected chi connectivity index (χ0v) is 8.34. The molecule has 0 spiro atoms. The molecule has 0 aliphatic rings. The number of anilines is 1. The number of hydrogen-bond donors (Lipinski definition) is 0. The van der Waals surface area contributed by atoms with Crippen molar-refractivity contribution in [3.8, 4) is 0 Å². The number of rotatable bonds is 2. The third-order valence-corrected chi connectivity index (χ3v) is 2.08. The lowest BCUT2D eigenvalue weighted by atomic mass is 10.3. The highest BCUT2D eigenvalue weighted by atomic mass is 35.5. The third kappa shape index (κ3) is 2.11. The highest BCUT2D eigenvalue weighted by molar-refractivity contribution is 6.30. The minimum Gasteiger partial charge on any atom is -0.371 e. The fraction of sp³-hybridized carbons (Fsp3) is 0.444. The molecule has 0 atom stereocenters. The number of aromatic nitrogens is 1. The van der Waals surface area contributed by atoms with Crippen LogP contribution in [0.15, 0.2) is 18.5 Å². The Morgan fingerprint density at radius 2 is 2.08 bits per heavy atom. The summed E-state index contributed by atoms with van der Waals surface area (Å²) in [5, 5.41) is 0.681. The van der Waals surface area contributed by atoms with Gasteiger partial charge in [0.2, 0.25) is 0 Å². The van der Waals surface area contributed by atoms with Crippen LogP contribution >= 0.6 is 11.6 Å². The van der Waals surface area contributed by atoms with Crippen LogP contribution in [0.25, 0.3) is 0 Å². The fourth-order valence-corrected chi connectivity index (χ4v) is 1.06. The van der Waals surface area contributed by atoms with Crippen molar-refractivity contribution in [1.82, 2.24) is 4.98 Å². The van der Waals surface area contributed by atoms with E-state index in [0.29, 0.717) is 11.1 Å². The first-order chi connectivity index (χ1) is 5.61. The van der Waals surface area contributed by atoms with Crippen LogP contribution in [0, 0.1) is 0 Å². The Morgan fingerprint density at radius 3 is 2.58 bits per heavy atom. The topological polar surface area (TPSA) is 16.1 Å². The largest absolute Gasteiger partial charge is 0.371 e. The first-order valence-corrected chi connectivity index (χ1v) is 4.32. The van der Waals surface area contributed by atoms with E-state index in [-0.39, 0.29) is 0 Å². The molecule has 66 valence electrons. The summed E-state index contributed by atoms with van der Waals surface area (Å²) in [5.41, 5.74) is 1.05. The molecule has 1 rings (SSSR count). The van der Waals surface area contributed by atoms with Gasteiger partial charge in [0.05, 0.1) is 16.9 Å². The van der Waals surface area contributed by atoms with E-state index in [9.17, 15) is 0 Å². The summed E-state index contributed by atoms with van der Waals surface area (Å²) in [5.74, 6) is 0. The van der Waals surface area contributed by atoms with Crippen LogP contribution in [0.1, 0.15) is 13.8 Å². The zero-order valence-electron chi connectivity index (χ0n) is 7.58. The van der Waals surface area contributed by atoms with E-state index in [1.807, 2.05) is 19.3 Å². The molecule has 0 amide bonds. The van der Waals surface area contributed by atoms with Crippen LogP contribution in [0.5, 0.6) is 0 Å². The maximum atomic E-state index is 5.80. The lowest BCUT2D eigenvalue weighted by molar-refractivity contribution is 0.753. The van der Waals surface area contributed by atoms with Crippen LogP contribution in [-0.4, -0.2) is 18.1 Å². The van der Waals surface area contributed by atoms with Crippen molar-refractivity contribution >= 4 is 17.3 Å². The zero-order chi connectivity index (χ0) is 9.14. The van der Waals surface area contributed by atoms with Crippen LogP contribution in [0.2, 0.25) is 5.02 Å². The van der Waals surface area contributed by atoms with E-state index in [2.05, 4.69) is 23.7 Å². The van der Waals surface area contributed by atoms with Crippen molar-refractivity contribution < 1.29 is 0 Å². The van der Waals surface area contributed by atoms with E-state index in [1.54, 1.807) is 6.20 Å². The third-order valence-electron chi connectivity index (χ3n) is 1.87. The number of nitrogens with zero attached hydrogens (tertiary/aromatic N) is 2. The molecular weight excluding hydrogens is 172 g/mol. The fourth-order valence-electron chi connectivity index (χ4n) is 0.892. The molecule has 12 heavy (non-hydrogen) atoms. The predicted molar refractivity (Wildman–Crippen MR) is 52.8 cm³/mol. The second-order valence-corrected chi connectivity index (χ2v) is 3.50. The lowest BCUT2D eigenvalue weighted by Crippen LogP contribution is -2.25. The van der Waals surface area contributed by atoms with Gasteiger partial charge in [-0.15, -0.1) is 0 Å². The second kappa shape index (κ2) is 3.76. The molecule has 0 radical (unpaired) electrons. The van der Waals surface area contributed by atoms with E-state index in [0.717, 1.165) is 5.69 Å². The molecule has 3 heteroatoms. The molecule has 0 saturated heterocycles. The number of halogens is 1. The van der Waals surface area contributed by atoms with Crippen molar-refractivity contribution in [1.29, 1.82) is 0 Å². The second-order valence-electron chi connectivity index (χ2n) is 3.07. The molecule has 0 aliphatic heterocycles. The molecule has 1 aromatic rings. The molecule has 0 aromatic carbocycles. The summed E-state index contributed by atoms with van der Waals surface area (Å²) in [6, 6.07) is 2.37. The van der Waals surface area contributed by atoms with Gasteiger partial charge in [-0.05, 0) is 19.9 Å². The summed E-state index contributed by atoms with van der Waals surface area (Å²) in [4.78, 5) is 6.14. The number of hydrogen-bond acceptors (Lipinski definition) is 2. The van der Waals surface area contributed by atoms with Crippen molar-refractivity contribution in [3.63, 3.8) is 0 Å². The Hall–Kier alpha value is -0.760. The van der Waals surface area contributed by atoms with Gasteiger partial charge < -0.3 is 4.90 Å². The lowest BCUT2D eigenvalue weighted by Gasteiger charge is -2.23. The SMILES string of the molecule is CC(C)N(C)c1cncc(Cl)c1. The van der Waals surface area contributed by atoms with Crippen molar-refractivity contribution in [2.75, 3.05) is 11.9 Å². The molecule has 1 heterocycles. The summed E-state index contributed by atoms with van der Waals surface area (Å²) in [6.45, 7) is 4.25. The maximum Gasteiger partial charge on any atom is 0.0609 e. The monoisotopic (exact) mass is 184 g/mol. The van der Waals surface area contributed by atoms with Gasteiger partial charge >= 0.3 is 0 Å². The molecule has 0 unspecified atom stereocenters. The Morgan fingerprint density at radius 1 is 1.42 bits per heavy atom. The smallest absolute Gasteiger partial charge is 0.0609 e. The van der Waals surface area contributed by atoms with Gasteiger partial charge in [-0.1, -0.05) is 11.6 Å². The first kappa shape index (κ1) is 9.33. The van der Waals surface area contributed by atoms with Gasteiger partial charge in [0.15, 0.2) is 0 Å². The average molecular weight is 185 g/mol. The highest BCUT2D eigenvalue weighted by Crippen LogP contribution is 2.17. The summed E-state index contributed by atoms with van der Waals surface area (Å²) in [7, 11) is 2.03. The Balaban J connectivity index is 2.88. The van der Waals surface area contributed by atoms with Gasteiger partial charge in [-0.3, -0.25) is 4.98 Å². The molecule has 0 N–H and O–H groups in total. The summed E-state index contributed by atoms with van der Waals surface area (Å²) >= 11 is 5.80. The van der Waals surface area contributed by atoms with E-state index >= 15 is 0 Å². The van der Waals surface area contributed by atoms with Gasteiger partial charge in [-0.25, -0.2) is 0 Å². The molecule has 0 bridgehead atoms. The van der Waals surface area contributed by atoms with Crippen LogP contribution in [0.4, 0.5) is 5.69 Å². The van der Waals surface area contributed by atoms with Crippen molar-refractivity contribution in [2.24, 2.45) is 0 Å². The van der Waals surface area contributed by atoms with Crippen LogP contribution in [0.3, 0.4) is 0 Å². The van der Waals surface area contributed by atoms with E-state index in [4.69, 9.17) is 11.6 Å². The Bertz CT molecular complexity index is 260. The van der Waals surface area contributed by atoms with Crippen molar-refractivity contribution in [3.05, 3.63) is 23.5 Å². The van der Waals surface area contributed by atoms with E-state index < -0.39 is 0 Å². The predicted octanol–water partition coefficient (Wildman–Crippen LogP) is 2.58. The first-order valence-electron chi connectivity index (χ1n) is 3.94. The molecule has 0 fully saturated rings. The maximum absolute atomic E-state index is 5.80. The Kier molecular flexibility index (Phi) is 2.93. The number of pyridine rings is 1. The molecule has 2 nitrogen and oxygen atoms in total. The van der Waals surface area contributed by atoms with Crippen LogP contribution in [-0.2, 0) is 0 Å². The summed E-state index contributed by atoms with van der Waals surface area (Å²) < 4.78 is 0. The molecule has 0 aliphatic carbocycles.